The van der Waals surface area contributed by atoms with Gasteiger partial charge in [-0.25, -0.2) is 4.98 Å². The van der Waals surface area contributed by atoms with Crippen molar-refractivity contribution in [1.29, 1.82) is 0 Å². The van der Waals surface area contributed by atoms with E-state index in [0.29, 0.717) is 0 Å². The molecule has 0 unspecified atom stereocenters. The van der Waals surface area contributed by atoms with E-state index in [9.17, 15) is 0 Å². The molecule has 1 aromatic heterocycles. The van der Waals surface area contributed by atoms with E-state index in [1.165, 1.54) is 29.5 Å². The summed E-state index contributed by atoms with van der Waals surface area (Å²) in [5.74, 6) is 0.770. The van der Waals surface area contributed by atoms with Crippen molar-refractivity contribution in [3.05, 3.63) is 66.5 Å². The Balaban J connectivity index is 1.83. The van der Waals surface area contributed by atoms with Gasteiger partial charge in [0.25, 0.3) is 0 Å². The monoisotopic (exact) mass is 274 g/mol. The van der Waals surface area contributed by atoms with Crippen molar-refractivity contribution >= 4 is 16.6 Å². The Labute approximate surface area is 124 Å². The maximum absolute atomic E-state index is 4.58. The van der Waals surface area contributed by atoms with Gasteiger partial charge in [0.15, 0.2) is 0 Å². The molecule has 1 heterocycles. The molecule has 2 nitrogen and oxygen atoms in total. The van der Waals surface area contributed by atoms with Crippen molar-refractivity contribution in [3.8, 4) is 5.69 Å². The highest BCUT2D eigenvalue weighted by Crippen LogP contribution is 2.40. The van der Waals surface area contributed by atoms with Crippen LogP contribution in [0.4, 0.5) is 0 Å². The van der Waals surface area contributed by atoms with Crippen LogP contribution in [0.15, 0.2) is 55.4 Å². The van der Waals surface area contributed by atoms with Crippen LogP contribution in [0.1, 0.15) is 36.8 Å². The van der Waals surface area contributed by atoms with Crippen LogP contribution in [-0.2, 0) is 0 Å². The van der Waals surface area contributed by atoms with Gasteiger partial charge in [-0.15, -0.1) is 0 Å². The third kappa shape index (κ3) is 2.17. The van der Waals surface area contributed by atoms with Crippen LogP contribution < -0.4 is 0 Å². The molecule has 1 aliphatic carbocycles. The van der Waals surface area contributed by atoms with Gasteiger partial charge in [0, 0.05) is 5.69 Å². The minimum Gasteiger partial charge on any atom is -0.299 e. The Morgan fingerprint density at radius 1 is 1.19 bits per heavy atom. The van der Waals surface area contributed by atoms with Crippen LogP contribution in [0.5, 0.6) is 0 Å². The normalized spacial score (nSPS) is 14.5. The largest absolute Gasteiger partial charge is 0.299 e. The molecule has 2 heteroatoms. The molecule has 0 radical (unpaired) electrons. The number of imidazole rings is 1. The van der Waals surface area contributed by atoms with Crippen molar-refractivity contribution in [2.24, 2.45) is 0 Å². The summed E-state index contributed by atoms with van der Waals surface area (Å²) in [6.07, 6.45) is 4.57. The summed E-state index contributed by atoms with van der Waals surface area (Å²) in [6.45, 7) is 6.06. The third-order valence-corrected chi connectivity index (χ3v) is 4.24. The van der Waals surface area contributed by atoms with Gasteiger partial charge in [0.2, 0.25) is 0 Å². The Kier molecular flexibility index (Phi) is 2.71. The number of fused-ring (bicyclic) bond motifs is 1. The molecule has 2 aromatic carbocycles. The second-order valence-corrected chi connectivity index (χ2v) is 5.97. The number of hydrogen-bond donors (Lipinski definition) is 0. The van der Waals surface area contributed by atoms with Gasteiger partial charge < -0.3 is 0 Å². The highest BCUT2D eigenvalue weighted by Gasteiger charge is 2.23. The van der Waals surface area contributed by atoms with Crippen molar-refractivity contribution in [3.63, 3.8) is 0 Å². The van der Waals surface area contributed by atoms with E-state index in [4.69, 9.17) is 0 Å². The predicted molar refractivity (Wildman–Crippen MR) is 87.8 cm³/mol. The zero-order valence-corrected chi connectivity index (χ0v) is 12.2. The highest BCUT2D eigenvalue weighted by atomic mass is 15.0. The summed E-state index contributed by atoms with van der Waals surface area (Å²) in [5.41, 5.74) is 7.07. The van der Waals surface area contributed by atoms with Gasteiger partial charge in [-0.2, -0.15) is 0 Å². The zero-order valence-electron chi connectivity index (χ0n) is 12.2. The van der Waals surface area contributed by atoms with E-state index in [0.717, 1.165) is 22.7 Å². The Hall–Kier alpha value is -2.35. The van der Waals surface area contributed by atoms with Crippen LogP contribution in [0.2, 0.25) is 0 Å². The molecule has 1 fully saturated rings. The molecular formula is C19H18N2. The minimum absolute atomic E-state index is 0.770. The molecule has 1 saturated carbocycles. The topological polar surface area (TPSA) is 17.8 Å². The van der Waals surface area contributed by atoms with Crippen molar-refractivity contribution in [2.45, 2.75) is 25.7 Å². The first-order chi connectivity index (χ1) is 10.2. The van der Waals surface area contributed by atoms with Crippen LogP contribution in [0.3, 0.4) is 0 Å². The zero-order chi connectivity index (χ0) is 14.4. The molecule has 3 aromatic rings. The van der Waals surface area contributed by atoms with Gasteiger partial charge in [0.1, 0.15) is 6.33 Å². The molecule has 0 bridgehead atoms. The summed E-state index contributed by atoms with van der Waals surface area (Å²) >= 11 is 0. The van der Waals surface area contributed by atoms with Crippen molar-refractivity contribution in [1.82, 2.24) is 9.55 Å². The van der Waals surface area contributed by atoms with E-state index in [2.05, 4.69) is 58.6 Å². The maximum Gasteiger partial charge on any atom is 0.100 e. The molecule has 0 spiro atoms. The first-order valence-corrected chi connectivity index (χ1v) is 7.46. The Bertz CT molecular complexity index is 838. The van der Waals surface area contributed by atoms with Crippen LogP contribution in [0.25, 0.3) is 22.3 Å². The third-order valence-electron chi connectivity index (χ3n) is 4.24. The van der Waals surface area contributed by atoms with Gasteiger partial charge in [-0.3, -0.25) is 4.57 Å². The van der Waals surface area contributed by atoms with Crippen LogP contribution in [0, 0.1) is 0 Å². The molecule has 21 heavy (non-hydrogen) atoms. The summed E-state index contributed by atoms with van der Waals surface area (Å²) in [4.78, 5) is 4.58. The molecule has 0 amide bonds. The molecular weight excluding hydrogens is 256 g/mol. The van der Waals surface area contributed by atoms with Gasteiger partial charge in [0.05, 0.1) is 11.0 Å². The standard InChI is InChI=1S/C19H18N2/c1-13(2)15-4-3-5-17(10-15)21-12-20-18-11-16(14-6-7-14)8-9-19(18)21/h3-5,8-12,14H,1,6-7H2,2H3. The second kappa shape index (κ2) is 4.59. The lowest BCUT2D eigenvalue weighted by molar-refractivity contribution is 1.09. The van der Waals surface area contributed by atoms with Crippen LogP contribution >= 0.6 is 0 Å². The summed E-state index contributed by atoms with van der Waals surface area (Å²) in [6, 6.07) is 15.1. The molecule has 1 aliphatic rings. The fourth-order valence-corrected chi connectivity index (χ4v) is 2.83. The van der Waals surface area contributed by atoms with Crippen molar-refractivity contribution in [2.75, 3.05) is 0 Å². The SMILES string of the molecule is C=C(C)c1cccc(-n2cnc3cc(C4CC4)ccc32)c1. The number of hydrogen-bond acceptors (Lipinski definition) is 1. The molecule has 0 N–H and O–H groups in total. The Morgan fingerprint density at radius 3 is 2.81 bits per heavy atom. The summed E-state index contributed by atoms with van der Waals surface area (Å²) in [7, 11) is 0. The number of allylic oxidation sites excluding steroid dienone is 1. The fraction of sp³-hybridized carbons (Fsp3) is 0.211. The van der Waals surface area contributed by atoms with E-state index in [1.807, 2.05) is 13.3 Å². The van der Waals surface area contributed by atoms with Gasteiger partial charge in [-0.05, 0) is 61.1 Å². The van der Waals surface area contributed by atoms with E-state index >= 15 is 0 Å². The average Bonchev–Trinajstić information content (AvgIpc) is 3.27. The average molecular weight is 274 g/mol. The number of benzene rings is 2. The van der Waals surface area contributed by atoms with E-state index < -0.39 is 0 Å². The number of rotatable bonds is 3. The predicted octanol–water partition coefficient (Wildman–Crippen LogP) is 4.94. The first kappa shape index (κ1) is 12.4. The summed E-state index contributed by atoms with van der Waals surface area (Å²) in [5, 5.41) is 0. The van der Waals surface area contributed by atoms with E-state index in [-0.39, 0.29) is 0 Å². The Morgan fingerprint density at radius 2 is 2.05 bits per heavy atom. The minimum atomic E-state index is 0.770. The number of aromatic nitrogens is 2. The van der Waals surface area contributed by atoms with Gasteiger partial charge >= 0.3 is 0 Å². The smallest absolute Gasteiger partial charge is 0.100 e. The molecule has 0 saturated heterocycles. The fourth-order valence-electron chi connectivity index (χ4n) is 2.83. The van der Waals surface area contributed by atoms with Crippen molar-refractivity contribution < 1.29 is 0 Å². The lowest BCUT2D eigenvalue weighted by Crippen LogP contribution is -1.93. The maximum atomic E-state index is 4.58. The summed E-state index contributed by atoms with van der Waals surface area (Å²) < 4.78 is 2.15. The molecule has 0 atom stereocenters. The quantitative estimate of drug-likeness (QED) is 0.661. The second-order valence-electron chi connectivity index (χ2n) is 5.97. The molecule has 0 aliphatic heterocycles. The number of nitrogens with zero attached hydrogens (tertiary/aromatic N) is 2. The lowest BCUT2D eigenvalue weighted by atomic mass is 10.1. The lowest BCUT2D eigenvalue weighted by Gasteiger charge is -2.07. The van der Waals surface area contributed by atoms with E-state index in [1.54, 1.807) is 0 Å². The van der Waals surface area contributed by atoms with Gasteiger partial charge in [-0.1, -0.05) is 30.4 Å². The van der Waals surface area contributed by atoms with Crippen LogP contribution in [-0.4, -0.2) is 9.55 Å². The molecule has 104 valence electrons. The first-order valence-electron chi connectivity index (χ1n) is 7.46. The highest BCUT2D eigenvalue weighted by molar-refractivity contribution is 5.79. The molecule has 4 rings (SSSR count).